The minimum absolute atomic E-state index is 0.113. The van der Waals surface area contributed by atoms with Crippen LogP contribution in [0.15, 0.2) is 79.4 Å². The molecule has 31 heavy (non-hydrogen) atoms. The first-order valence-corrected chi connectivity index (χ1v) is 10.5. The summed E-state index contributed by atoms with van der Waals surface area (Å²) in [7, 11) is 0. The van der Waals surface area contributed by atoms with Gasteiger partial charge < -0.3 is 10.6 Å². The molecule has 0 atom stereocenters. The summed E-state index contributed by atoms with van der Waals surface area (Å²) in [5.41, 5.74) is 1.58. The van der Waals surface area contributed by atoms with E-state index >= 15 is 0 Å². The summed E-state index contributed by atoms with van der Waals surface area (Å²) in [5, 5.41) is 7.31. The van der Waals surface area contributed by atoms with Crippen molar-refractivity contribution >= 4 is 44.5 Å². The Morgan fingerprint density at radius 3 is 2.58 bits per heavy atom. The van der Waals surface area contributed by atoms with E-state index in [1.165, 1.54) is 11.3 Å². The minimum Gasteiger partial charge on any atom is -0.340 e. The van der Waals surface area contributed by atoms with Crippen LogP contribution in [-0.2, 0) is 0 Å². The summed E-state index contributed by atoms with van der Waals surface area (Å²) >= 11 is 1.49. The molecule has 0 radical (unpaired) electrons. The number of hydrogen-bond acceptors (Lipinski definition) is 6. The van der Waals surface area contributed by atoms with Crippen molar-refractivity contribution in [3.05, 3.63) is 90.1 Å². The van der Waals surface area contributed by atoms with E-state index in [-0.39, 0.29) is 5.91 Å². The highest BCUT2D eigenvalue weighted by atomic mass is 32.1. The lowest BCUT2D eigenvalue weighted by molar-refractivity contribution is 0.103. The Balaban J connectivity index is 1.29. The second-order valence-electron chi connectivity index (χ2n) is 6.93. The second-order valence-corrected chi connectivity index (χ2v) is 8.02. The zero-order chi connectivity index (χ0) is 21.2. The molecule has 8 heteroatoms. The normalized spacial score (nSPS) is 10.9. The molecule has 152 valence electrons. The lowest BCUT2D eigenvalue weighted by Gasteiger charge is -2.10. The van der Waals surface area contributed by atoms with Crippen LogP contribution in [0.5, 0.6) is 0 Å². The van der Waals surface area contributed by atoms with E-state index in [1.807, 2.05) is 78.4 Å². The molecule has 3 heterocycles. The highest BCUT2D eigenvalue weighted by molar-refractivity contribution is 7.20. The number of aromatic nitrogens is 4. The van der Waals surface area contributed by atoms with E-state index < -0.39 is 0 Å². The molecular weight excluding hydrogens is 408 g/mol. The average Bonchev–Trinajstić information content (AvgIpc) is 3.45. The molecule has 0 aliphatic heterocycles. The lowest BCUT2D eigenvalue weighted by atomic mass is 10.2. The Morgan fingerprint density at radius 2 is 1.81 bits per heavy atom. The molecule has 0 saturated heterocycles. The van der Waals surface area contributed by atoms with Crippen molar-refractivity contribution in [3.8, 4) is 5.82 Å². The summed E-state index contributed by atoms with van der Waals surface area (Å²) in [6, 6.07) is 19.3. The fraction of sp³-hybridized carbons (Fsp3) is 0.0435. The fourth-order valence-corrected chi connectivity index (χ4v) is 4.17. The van der Waals surface area contributed by atoms with Crippen molar-refractivity contribution in [2.45, 2.75) is 6.92 Å². The van der Waals surface area contributed by atoms with Crippen LogP contribution in [0.2, 0.25) is 0 Å². The van der Waals surface area contributed by atoms with Crippen molar-refractivity contribution in [3.63, 3.8) is 0 Å². The monoisotopic (exact) mass is 426 g/mol. The molecule has 0 aliphatic carbocycles. The second kappa shape index (κ2) is 8.00. The number of aryl methyl sites for hydroxylation is 1. The number of benzene rings is 2. The van der Waals surface area contributed by atoms with Crippen molar-refractivity contribution in [2.24, 2.45) is 0 Å². The molecular formula is C23H18N6OS. The fourth-order valence-electron chi connectivity index (χ4n) is 3.21. The Morgan fingerprint density at radius 1 is 1.00 bits per heavy atom. The molecule has 2 aromatic carbocycles. The molecule has 0 aliphatic rings. The largest absolute Gasteiger partial charge is 0.340 e. The van der Waals surface area contributed by atoms with Crippen LogP contribution in [0, 0.1) is 6.92 Å². The quantitative estimate of drug-likeness (QED) is 0.404. The smallest absolute Gasteiger partial charge is 0.265 e. The minimum atomic E-state index is -0.113. The van der Waals surface area contributed by atoms with E-state index in [9.17, 15) is 4.79 Å². The number of imidazole rings is 1. The first-order valence-electron chi connectivity index (χ1n) is 9.65. The van der Waals surface area contributed by atoms with Gasteiger partial charge in [0, 0.05) is 34.5 Å². The van der Waals surface area contributed by atoms with Gasteiger partial charge in [-0.3, -0.25) is 9.36 Å². The third-order valence-corrected chi connectivity index (χ3v) is 5.77. The van der Waals surface area contributed by atoms with Crippen LogP contribution in [0.25, 0.3) is 15.9 Å². The summed E-state index contributed by atoms with van der Waals surface area (Å²) in [6.45, 7) is 1.85. The van der Waals surface area contributed by atoms with Crippen LogP contribution in [0.3, 0.4) is 0 Å². The molecule has 5 aromatic rings. The highest BCUT2D eigenvalue weighted by Gasteiger charge is 2.10. The molecule has 1 amide bonds. The summed E-state index contributed by atoms with van der Waals surface area (Å²) in [6.07, 6.45) is 5.23. The number of amides is 1. The molecule has 2 N–H and O–H groups in total. The van der Waals surface area contributed by atoms with E-state index in [0.717, 1.165) is 27.3 Å². The zero-order valence-corrected chi connectivity index (χ0v) is 17.4. The number of carbonyl (C=O) groups is 1. The van der Waals surface area contributed by atoms with E-state index in [2.05, 4.69) is 25.6 Å². The summed E-state index contributed by atoms with van der Waals surface area (Å²) in [4.78, 5) is 26.2. The van der Waals surface area contributed by atoms with Crippen molar-refractivity contribution < 1.29 is 4.79 Å². The number of fused-ring (bicyclic) bond motifs is 1. The third kappa shape index (κ3) is 4.15. The first kappa shape index (κ1) is 19.0. The van der Waals surface area contributed by atoms with Gasteiger partial charge in [-0.25, -0.2) is 15.0 Å². The number of anilines is 3. The van der Waals surface area contributed by atoms with Gasteiger partial charge in [0.05, 0.1) is 4.88 Å². The molecule has 3 aromatic heterocycles. The van der Waals surface area contributed by atoms with Gasteiger partial charge in [0.25, 0.3) is 5.91 Å². The maximum absolute atomic E-state index is 12.6. The van der Waals surface area contributed by atoms with Crippen LogP contribution < -0.4 is 10.6 Å². The lowest BCUT2D eigenvalue weighted by Crippen LogP contribution is -2.10. The van der Waals surface area contributed by atoms with Crippen LogP contribution in [0.1, 0.15) is 15.5 Å². The molecule has 5 rings (SSSR count). The van der Waals surface area contributed by atoms with Gasteiger partial charge in [-0.05, 0) is 48.7 Å². The average molecular weight is 427 g/mol. The van der Waals surface area contributed by atoms with E-state index in [4.69, 9.17) is 0 Å². The number of carbonyl (C=O) groups excluding carboxylic acids is 1. The van der Waals surface area contributed by atoms with Crippen molar-refractivity contribution in [1.82, 2.24) is 19.5 Å². The Bertz CT molecular complexity index is 1330. The molecule has 0 saturated carbocycles. The van der Waals surface area contributed by atoms with Crippen LogP contribution in [-0.4, -0.2) is 25.4 Å². The van der Waals surface area contributed by atoms with Gasteiger partial charge >= 0.3 is 0 Å². The number of hydrogen-bond donors (Lipinski definition) is 2. The maximum Gasteiger partial charge on any atom is 0.265 e. The van der Waals surface area contributed by atoms with Gasteiger partial charge in [0.15, 0.2) is 0 Å². The van der Waals surface area contributed by atoms with Crippen LogP contribution >= 0.6 is 11.3 Å². The topological polar surface area (TPSA) is 84.7 Å². The third-order valence-electron chi connectivity index (χ3n) is 4.66. The Kier molecular flexibility index (Phi) is 4.89. The van der Waals surface area contributed by atoms with E-state index in [0.29, 0.717) is 16.5 Å². The predicted molar refractivity (Wildman–Crippen MR) is 123 cm³/mol. The van der Waals surface area contributed by atoms with Gasteiger partial charge in [-0.15, -0.1) is 11.3 Å². The van der Waals surface area contributed by atoms with Crippen molar-refractivity contribution in [1.29, 1.82) is 0 Å². The van der Waals surface area contributed by atoms with Crippen LogP contribution in [0.4, 0.5) is 17.2 Å². The molecule has 0 unspecified atom stereocenters. The van der Waals surface area contributed by atoms with Gasteiger partial charge in [0.2, 0.25) is 0 Å². The molecule has 7 nitrogen and oxygen atoms in total. The van der Waals surface area contributed by atoms with Gasteiger partial charge in [-0.2, -0.15) is 0 Å². The summed E-state index contributed by atoms with van der Waals surface area (Å²) < 4.78 is 2.93. The van der Waals surface area contributed by atoms with Gasteiger partial charge in [0.1, 0.15) is 23.8 Å². The SMILES string of the molecule is Cc1nc(Nc2ccc(NC(=O)c3cc4ccccc4s3)cc2)cc(-n2ccnc2)n1. The van der Waals surface area contributed by atoms with Crippen molar-refractivity contribution in [2.75, 3.05) is 10.6 Å². The Labute approximate surface area is 182 Å². The number of nitrogens with one attached hydrogen (secondary N) is 2. The maximum atomic E-state index is 12.6. The standard InChI is InChI=1S/C23H18N6OS/c1-15-25-21(13-22(26-15)29-11-10-24-14-29)27-17-6-8-18(9-7-17)28-23(30)20-12-16-4-2-3-5-19(16)31-20/h2-14H,1H3,(H,28,30)(H,25,26,27). The number of rotatable bonds is 5. The van der Waals surface area contributed by atoms with Gasteiger partial charge in [-0.1, -0.05) is 18.2 Å². The first-order chi connectivity index (χ1) is 15.1. The predicted octanol–water partition coefficient (Wildman–Crippen LogP) is 5.18. The zero-order valence-electron chi connectivity index (χ0n) is 16.6. The number of thiophene rings is 1. The molecule has 0 fully saturated rings. The molecule has 0 bridgehead atoms. The van der Waals surface area contributed by atoms with E-state index in [1.54, 1.807) is 12.5 Å². The highest BCUT2D eigenvalue weighted by Crippen LogP contribution is 2.26. The summed E-state index contributed by atoms with van der Waals surface area (Å²) in [5.74, 6) is 1.96. The number of nitrogens with zero attached hydrogens (tertiary/aromatic N) is 4. The Hall–Kier alpha value is -4.04. The molecule has 0 spiro atoms.